The summed E-state index contributed by atoms with van der Waals surface area (Å²) >= 11 is 0. The van der Waals surface area contributed by atoms with Gasteiger partial charge >= 0.3 is 6.03 Å². The van der Waals surface area contributed by atoms with Crippen LogP contribution in [0.25, 0.3) is 5.69 Å². The molecule has 4 rings (SSSR count). The molecular weight excluding hydrogens is 539 g/mol. The molecule has 0 aliphatic heterocycles. The molecule has 4 N–H and O–H groups in total. The summed E-state index contributed by atoms with van der Waals surface area (Å²) in [4.78, 5) is 19.0. The van der Waals surface area contributed by atoms with E-state index in [1.54, 1.807) is 35.1 Å². The molecule has 0 atom stereocenters. The smallest absolute Gasteiger partial charge is 0.324 e. The number of benzene rings is 2. The molecule has 10 nitrogen and oxygen atoms in total. The van der Waals surface area contributed by atoms with Gasteiger partial charge < -0.3 is 20.3 Å². The monoisotopic (exact) mass is 576 g/mol. The fourth-order valence-corrected chi connectivity index (χ4v) is 4.24. The van der Waals surface area contributed by atoms with Crippen molar-refractivity contribution in [2.24, 2.45) is 0 Å². The van der Waals surface area contributed by atoms with Crippen LogP contribution in [0.4, 0.5) is 20.7 Å². The molecule has 222 valence electrons. The normalized spacial score (nSPS) is 11.5. The van der Waals surface area contributed by atoms with Crippen LogP contribution in [0, 0.1) is 12.7 Å². The lowest BCUT2D eigenvalue weighted by Gasteiger charge is -2.20. The average Bonchev–Trinajstić information content (AvgIpc) is 3.35. The maximum Gasteiger partial charge on any atom is 0.324 e. The Morgan fingerprint density at radius 2 is 1.67 bits per heavy atom. The number of nitrogens with one attached hydrogen (secondary N) is 2. The molecule has 0 fully saturated rings. The van der Waals surface area contributed by atoms with E-state index >= 15 is 0 Å². The summed E-state index contributed by atoms with van der Waals surface area (Å²) in [7, 11) is 0. The lowest BCUT2D eigenvalue weighted by molar-refractivity contribution is 0.156. The Labute approximate surface area is 244 Å². The zero-order chi connectivity index (χ0) is 30.3. The number of nitrogens with zero attached hydrogens (tertiary/aromatic N) is 4. The zero-order valence-electron chi connectivity index (χ0n) is 24.3. The van der Waals surface area contributed by atoms with E-state index in [1.807, 2.05) is 56.9 Å². The Hall–Kier alpha value is -4.32. The number of carbonyl (C=O) groups excluding carboxylic acids is 1. The number of pyridine rings is 1. The number of rotatable bonds is 11. The molecule has 0 saturated heterocycles. The van der Waals surface area contributed by atoms with Crippen LogP contribution >= 0.6 is 0 Å². The van der Waals surface area contributed by atoms with Crippen LogP contribution in [-0.2, 0) is 12.0 Å². The van der Waals surface area contributed by atoms with E-state index in [4.69, 9.17) is 9.84 Å². The lowest BCUT2D eigenvalue weighted by atomic mass is 9.92. The Morgan fingerprint density at radius 1 is 0.976 bits per heavy atom. The number of hydrogen-bond donors (Lipinski definition) is 4. The van der Waals surface area contributed by atoms with Gasteiger partial charge in [-0.3, -0.25) is 15.2 Å². The van der Waals surface area contributed by atoms with Gasteiger partial charge in [0.15, 0.2) is 0 Å². The summed E-state index contributed by atoms with van der Waals surface area (Å²) in [6.07, 6.45) is 1.61. The van der Waals surface area contributed by atoms with Gasteiger partial charge in [0.25, 0.3) is 0 Å². The minimum Gasteiger partial charge on any atom is -0.457 e. The molecule has 11 heteroatoms. The van der Waals surface area contributed by atoms with Crippen molar-refractivity contribution in [3.63, 3.8) is 0 Å². The quantitative estimate of drug-likeness (QED) is 0.193. The molecule has 0 aliphatic rings. The number of carbonyl (C=O) groups is 1. The number of urea groups is 1. The Morgan fingerprint density at radius 3 is 2.29 bits per heavy atom. The topological polar surface area (TPSA) is 125 Å². The molecule has 0 unspecified atom stereocenters. The van der Waals surface area contributed by atoms with Gasteiger partial charge in [0.2, 0.25) is 0 Å². The summed E-state index contributed by atoms with van der Waals surface area (Å²) in [5, 5.41) is 28.7. The van der Waals surface area contributed by atoms with Gasteiger partial charge in [-0.25, -0.2) is 13.9 Å². The van der Waals surface area contributed by atoms with Crippen LogP contribution in [0.1, 0.15) is 37.7 Å². The van der Waals surface area contributed by atoms with E-state index < -0.39 is 11.8 Å². The Bertz CT molecular complexity index is 1490. The van der Waals surface area contributed by atoms with Gasteiger partial charge in [-0.15, -0.1) is 0 Å². The maximum atomic E-state index is 14.9. The molecule has 0 spiro atoms. The maximum absolute atomic E-state index is 14.9. The Balaban J connectivity index is 1.50. The largest absolute Gasteiger partial charge is 0.457 e. The first-order valence-corrected chi connectivity index (χ1v) is 13.7. The number of aryl methyl sites for hydroxylation is 1. The first kappa shape index (κ1) is 30.6. The van der Waals surface area contributed by atoms with E-state index in [9.17, 15) is 19.4 Å². The van der Waals surface area contributed by atoms with Crippen LogP contribution in [0.3, 0.4) is 0 Å². The molecule has 0 bridgehead atoms. The summed E-state index contributed by atoms with van der Waals surface area (Å²) < 4.78 is 22.2. The number of hydrogen-bond acceptors (Lipinski definition) is 7. The molecule has 4 aromatic rings. The predicted molar refractivity (Wildman–Crippen MR) is 160 cm³/mol. The number of halogens is 1. The highest BCUT2D eigenvalue weighted by atomic mass is 19.1. The first-order valence-electron chi connectivity index (χ1n) is 13.7. The zero-order valence-corrected chi connectivity index (χ0v) is 24.3. The van der Waals surface area contributed by atoms with Gasteiger partial charge in [-0.05, 0) is 42.8 Å². The first-order chi connectivity index (χ1) is 20.0. The van der Waals surface area contributed by atoms with Crippen molar-refractivity contribution in [1.29, 1.82) is 0 Å². The van der Waals surface area contributed by atoms with Crippen molar-refractivity contribution in [2.45, 2.75) is 39.7 Å². The van der Waals surface area contributed by atoms with Gasteiger partial charge in [-0.1, -0.05) is 32.9 Å². The molecule has 0 saturated carbocycles. The molecule has 0 aliphatic carbocycles. The third-order valence-corrected chi connectivity index (χ3v) is 6.43. The SMILES string of the molecule is Cc1cc(Oc2ccc(NC(=O)Nc3cc(C(C)(C)C)nn3-c3ccc(CN(CCO)CCO)cc3)c(F)c2)ccn1. The van der Waals surface area contributed by atoms with Crippen molar-refractivity contribution < 1.29 is 24.1 Å². The number of aromatic nitrogens is 3. The number of amides is 2. The van der Waals surface area contributed by atoms with Crippen molar-refractivity contribution in [1.82, 2.24) is 19.7 Å². The fraction of sp³-hybridized carbons (Fsp3) is 0.323. The minimum atomic E-state index is -0.649. The lowest BCUT2D eigenvalue weighted by Crippen LogP contribution is -2.29. The fourth-order valence-electron chi connectivity index (χ4n) is 4.24. The van der Waals surface area contributed by atoms with Gasteiger partial charge in [-0.2, -0.15) is 5.10 Å². The van der Waals surface area contributed by atoms with E-state index in [-0.39, 0.29) is 30.1 Å². The molecule has 2 heterocycles. The number of anilines is 2. The third-order valence-electron chi connectivity index (χ3n) is 6.43. The summed E-state index contributed by atoms with van der Waals surface area (Å²) in [6, 6.07) is 16.4. The third kappa shape index (κ3) is 8.12. The highest BCUT2D eigenvalue weighted by Crippen LogP contribution is 2.28. The molecule has 42 heavy (non-hydrogen) atoms. The number of aliphatic hydroxyl groups is 2. The van der Waals surface area contributed by atoms with E-state index in [1.165, 1.54) is 12.1 Å². The van der Waals surface area contributed by atoms with Crippen LogP contribution in [0.2, 0.25) is 0 Å². The van der Waals surface area contributed by atoms with Crippen LogP contribution in [-0.4, -0.2) is 62.2 Å². The van der Waals surface area contributed by atoms with E-state index in [0.717, 1.165) is 22.6 Å². The molecular formula is C31H37FN6O4. The minimum absolute atomic E-state index is 0.00515. The Kier molecular flexibility index (Phi) is 9.89. The number of ether oxygens (including phenoxy) is 1. The summed E-state index contributed by atoms with van der Waals surface area (Å²) in [5.41, 5.74) is 2.96. The van der Waals surface area contributed by atoms with Crippen LogP contribution < -0.4 is 15.4 Å². The van der Waals surface area contributed by atoms with Crippen molar-refractivity contribution in [3.8, 4) is 17.2 Å². The van der Waals surface area contributed by atoms with Crippen molar-refractivity contribution in [2.75, 3.05) is 36.9 Å². The van der Waals surface area contributed by atoms with E-state index in [2.05, 4.69) is 15.6 Å². The summed E-state index contributed by atoms with van der Waals surface area (Å²) in [6.45, 7) is 9.40. The second kappa shape index (κ2) is 13.6. The van der Waals surface area contributed by atoms with Gasteiger partial charge in [0.05, 0.1) is 30.3 Å². The summed E-state index contributed by atoms with van der Waals surface area (Å²) in [5.74, 6) is 0.588. The van der Waals surface area contributed by atoms with Crippen LogP contribution in [0.15, 0.2) is 66.9 Å². The van der Waals surface area contributed by atoms with Gasteiger partial charge in [0.1, 0.15) is 23.1 Å². The predicted octanol–water partition coefficient (Wildman–Crippen LogP) is 5.24. The standard InChI is InChI=1S/C31H37FN6O4/c1-21-17-25(11-12-33-21)42-24-9-10-27(26(32)18-24)34-30(41)35-29-19-28(31(2,3)4)36-38(29)23-7-5-22(6-8-23)20-37(13-15-39)14-16-40/h5-12,17-19,39-40H,13-16,20H2,1-4H3,(H2,34,35,41). The average molecular weight is 577 g/mol. The highest BCUT2D eigenvalue weighted by molar-refractivity contribution is 5.99. The van der Waals surface area contributed by atoms with Gasteiger partial charge in [0, 0.05) is 55.1 Å². The molecule has 2 aromatic heterocycles. The molecule has 2 amide bonds. The van der Waals surface area contributed by atoms with Crippen molar-refractivity contribution in [3.05, 3.63) is 89.6 Å². The molecule has 0 radical (unpaired) electrons. The van der Waals surface area contributed by atoms with E-state index in [0.29, 0.717) is 31.2 Å². The second-order valence-corrected chi connectivity index (χ2v) is 10.9. The van der Waals surface area contributed by atoms with Crippen molar-refractivity contribution >= 4 is 17.5 Å². The second-order valence-electron chi connectivity index (χ2n) is 10.9. The highest BCUT2D eigenvalue weighted by Gasteiger charge is 2.22. The van der Waals surface area contributed by atoms with Crippen LogP contribution in [0.5, 0.6) is 11.5 Å². The number of aliphatic hydroxyl groups excluding tert-OH is 2. The molecule has 2 aromatic carbocycles.